The molecule has 7 nitrogen and oxygen atoms in total. The van der Waals surface area contributed by atoms with E-state index in [0.717, 1.165) is 5.56 Å². The van der Waals surface area contributed by atoms with Crippen LogP contribution in [0.2, 0.25) is 0 Å². The van der Waals surface area contributed by atoms with Crippen molar-refractivity contribution in [3.8, 4) is 17.2 Å². The largest absolute Gasteiger partial charge is 0.497 e. The Morgan fingerprint density at radius 2 is 1.79 bits per heavy atom. The molecule has 0 bridgehead atoms. The van der Waals surface area contributed by atoms with Crippen LogP contribution in [-0.2, 0) is 11.3 Å². The summed E-state index contributed by atoms with van der Waals surface area (Å²) in [6.07, 6.45) is 0. The van der Waals surface area contributed by atoms with Crippen molar-refractivity contribution in [2.24, 2.45) is 0 Å². The van der Waals surface area contributed by atoms with E-state index in [9.17, 15) is 9.59 Å². The molecule has 1 aromatic heterocycles. The molecule has 0 radical (unpaired) electrons. The number of fused-ring (bicyclic) bond motifs is 1. The number of para-hydroxylation sites is 2. The summed E-state index contributed by atoms with van der Waals surface area (Å²) in [5, 5.41) is 3.38. The van der Waals surface area contributed by atoms with Crippen molar-refractivity contribution in [2.45, 2.75) is 23.9 Å². The Labute approximate surface area is 201 Å². The zero-order valence-electron chi connectivity index (χ0n) is 19.1. The molecule has 0 aliphatic heterocycles. The summed E-state index contributed by atoms with van der Waals surface area (Å²) in [6.45, 7) is 2.13. The number of benzene rings is 3. The smallest absolute Gasteiger partial charge is 0.266 e. The summed E-state index contributed by atoms with van der Waals surface area (Å²) in [4.78, 5) is 31.1. The molecule has 1 atom stereocenters. The van der Waals surface area contributed by atoms with Gasteiger partial charge < -0.3 is 14.8 Å². The molecule has 1 unspecified atom stereocenters. The standard InChI is InChI=1S/C26H25N3O4S/c1-17(24(30)27-16-18-9-4-7-14-23(18)33-3)34-26-28-22-13-6-5-12-21(22)25(31)29(26)19-10-8-11-20(15-19)32-2/h4-15,17H,16H2,1-3H3,(H,27,30). The normalized spacial score (nSPS) is 11.7. The van der Waals surface area contributed by atoms with Crippen molar-refractivity contribution in [1.29, 1.82) is 0 Å². The van der Waals surface area contributed by atoms with Gasteiger partial charge >= 0.3 is 0 Å². The number of amides is 1. The van der Waals surface area contributed by atoms with Gasteiger partial charge in [0, 0.05) is 18.2 Å². The minimum absolute atomic E-state index is 0.171. The van der Waals surface area contributed by atoms with Crippen LogP contribution < -0.4 is 20.3 Å². The average molecular weight is 476 g/mol. The molecule has 8 heteroatoms. The van der Waals surface area contributed by atoms with Crippen LogP contribution >= 0.6 is 11.8 Å². The Bertz CT molecular complexity index is 1390. The first-order valence-corrected chi connectivity index (χ1v) is 11.6. The fourth-order valence-electron chi connectivity index (χ4n) is 3.56. The first-order chi connectivity index (χ1) is 16.5. The van der Waals surface area contributed by atoms with Crippen molar-refractivity contribution >= 4 is 28.6 Å². The van der Waals surface area contributed by atoms with E-state index in [1.165, 1.54) is 16.3 Å². The fourth-order valence-corrected chi connectivity index (χ4v) is 4.51. The summed E-state index contributed by atoms with van der Waals surface area (Å²) in [6, 6.07) is 21.9. The van der Waals surface area contributed by atoms with Crippen LogP contribution in [0.5, 0.6) is 11.5 Å². The average Bonchev–Trinajstić information content (AvgIpc) is 2.87. The number of aromatic nitrogens is 2. The summed E-state index contributed by atoms with van der Waals surface area (Å²) < 4.78 is 12.2. The zero-order chi connectivity index (χ0) is 24.1. The number of nitrogens with zero attached hydrogens (tertiary/aromatic N) is 2. The quantitative estimate of drug-likeness (QED) is 0.304. The van der Waals surface area contributed by atoms with E-state index in [2.05, 4.69) is 5.32 Å². The second kappa shape index (κ2) is 10.4. The molecular formula is C26H25N3O4S. The van der Waals surface area contributed by atoms with Crippen molar-refractivity contribution in [3.63, 3.8) is 0 Å². The first-order valence-electron chi connectivity index (χ1n) is 10.7. The van der Waals surface area contributed by atoms with Crippen LogP contribution in [0.4, 0.5) is 0 Å². The third kappa shape index (κ3) is 4.92. The minimum atomic E-state index is -0.500. The van der Waals surface area contributed by atoms with Gasteiger partial charge in [-0.3, -0.25) is 14.2 Å². The van der Waals surface area contributed by atoms with Crippen LogP contribution in [0, 0.1) is 0 Å². The van der Waals surface area contributed by atoms with Crippen LogP contribution in [0.1, 0.15) is 12.5 Å². The summed E-state index contributed by atoms with van der Waals surface area (Å²) in [5.74, 6) is 1.16. The second-order valence-electron chi connectivity index (χ2n) is 7.54. The van der Waals surface area contributed by atoms with Crippen LogP contribution in [0.3, 0.4) is 0 Å². The van der Waals surface area contributed by atoms with Crippen molar-refractivity contribution in [2.75, 3.05) is 14.2 Å². The molecule has 3 aromatic carbocycles. The molecule has 0 fully saturated rings. The minimum Gasteiger partial charge on any atom is -0.497 e. The van der Waals surface area contributed by atoms with Crippen LogP contribution in [-0.4, -0.2) is 34.9 Å². The Morgan fingerprint density at radius 1 is 1.03 bits per heavy atom. The Kier molecular flexibility index (Phi) is 7.18. The number of methoxy groups -OCH3 is 2. The lowest BCUT2D eigenvalue weighted by atomic mass is 10.2. The van der Waals surface area contributed by atoms with Gasteiger partial charge in [0.15, 0.2) is 5.16 Å². The third-order valence-corrected chi connectivity index (χ3v) is 6.41. The highest BCUT2D eigenvalue weighted by atomic mass is 32.2. The van der Waals surface area contributed by atoms with Gasteiger partial charge in [-0.2, -0.15) is 0 Å². The Morgan fingerprint density at radius 3 is 2.59 bits per heavy atom. The number of carbonyl (C=O) groups is 1. The molecule has 0 saturated carbocycles. The van der Waals surface area contributed by atoms with Crippen molar-refractivity contribution in [3.05, 3.63) is 88.7 Å². The molecule has 4 aromatic rings. The molecule has 174 valence electrons. The lowest BCUT2D eigenvalue weighted by molar-refractivity contribution is -0.120. The fraction of sp³-hybridized carbons (Fsp3) is 0.192. The van der Waals surface area contributed by atoms with Crippen molar-refractivity contribution in [1.82, 2.24) is 14.9 Å². The van der Waals surface area contributed by atoms with E-state index < -0.39 is 5.25 Å². The van der Waals surface area contributed by atoms with E-state index in [0.29, 0.717) is 39.8 Å². The third-order valence-electron chi connectivity index (χ3n) is 5.35. The Hall–Kier alpha value is -3.78. The molecule has 1 heterocycles. The molecule has 1 amide bonds. The number of nitrogens with one attached hydrogen (secondary N) is 1. The molecule has 4 rings (SSSR count). The maximum atomic E-state index is 13.4. The van der Waals surface area contributed by atoms with Crippen molar-refractivity contribution < 1.29 is 14.3 Å². The van der Waals surface area contributed by atoms with E-state index in [4.69, 9.17) is 14.5 Å². The highest BCUT2D eigenvalue weighted by molar-refractivity contribution is 8.00. The number of carbonyl (C=O) groups excluding carboxylic acids is 1. The zero-order valence-corrected chi connectivity index (χ0v) is 20.0. The van der Waals surface area contributed by atoms with Crippen LogP contribution in [0.25, 0.3) is 16.6 Å². The maximum Gasteiger partial charge on any atom is 0.266 e. The highest BCUT2D eigenvalue weighted by Crippen LogP contribution is 2.27. The van der Waals surface area contributed by atoms with E-state index in [1.54, 1.807) is 39.3 Å². The Balaban J connectivity index is 1.65. The SMILES string of the molecule is COc1cccc(-n2c(SC(C)C(=O)NCc3ccccc3OC)nc3ccccc3c2=O)c1. The summed E-state index contributed by atoms with van der Waals surface area (Å²) in [7, 11) is 3.17. The van der Waals surface area contributed by atoms with Gasteiger partial charge in [0.05, 0.1) is 36.1 Å². The maximum absolute atomic E-state index is 13.4. The molecule has 0 aliphatic rings. The van der Waals surface area contributed by atoms with E-state index >= 15 is 0 Å². The molecule has 34 heavy (non-hydrogen) atoms. The summed E-state index contributed by atoms with van der Waals surface area (Å²) in [5.41, 5.74) is 1.87. The van der Waals surface area contributed by atoms with Gasteiger partial charge in [-0.05, 0) is 37.3 Å². The molecule has 1 N–H and O–H groups in total. The number of hydrogen-bond acceptors (Lipinski definition) is 6. The molecular weight excluding hydrogens is 450 g/mol. The van der Waals surface area contributed by atoms with Gasteiger partial charge in [0.1, 0.15) is 11.5 Å². The van der Waals surface area contributed by atoms with Gasteiger partial charge in [-0.15, -0.1) is 0 Å². The second-order valence-corrected chi connectivity index (χ2v) is 8.85. The molecule has 0 aliphatic carbocycles. The topological polar surface area (TPSA) is 82.4 Å². The predicted octanol–water partition coefficient (Wildman–Crippen LogP) is 4.20. The van der Waals surface area contributed by atoms with Gasteiger partial charge in [0.25, 0.3) is 5.56 Å². The van der Waals surface area contributed by atoms with Gasteiger partial charge in [0.2, 0.25) is 5.91 Å². The number of hydrogen-bond donors (Lipinski definition) is 1. The number of thioether (sulfide) groups is 1. The summed E-state index contributed by atoms with van der Waals surface area (Å²) >= 11 is 1.23. The van der Waals surface area contributed by atoms with Gasteiger partial charge in [-0.25, -0.2) is 4.98 Å². The predicted molar refractivity (Wildman–Crippen MR) is 134 cm³/mol. The lowest BCUT2D eigenvalue weighted by Crippen LogP contribution is -2.31. The monoisotopic (exact) mass is 475 g/mol. The highest BCUT2D eigenvalue weighted by Gasteiger charge is 2.20. The van der Waals surface area contributed by atoms with Crippen LogP contribution in [0.15, 0.2) is 82.7 Å². The van der Waals surface area contributed by atoms with Gasteiger partial charge in [-0.1, -0.05) is 48.2 Å². The van der Waals surface area contributed by atoms with E-state index in [-0.39, 0.29) is 11.5 Å². The number of ether oxygens (including phenoxy) is 2. The first kappa shape index (κ1) is 23.4. The molecule has 0 saturated heterocycles. The molecule has 0 spiro atoms. The number of rotatable bonds is 8. The lowest BCUT2D eigenvalue weighted by Gasteiger charge is -2.17. The van der Waals surface area contributed by atoms with E-state index in [1.807, 2.05) is 54.6 Å².